The van der Waals surface area contributed by atoms with Crippen molar-refractivity contribution < 1.29 is 4.74 Å². The van der Waals surface area contributed by atoms with Crippen LogP contribution < -0.4 is 15.0 Å². The summed E-state index contributed by atoms with van der Waals surface area (Å²) in [4.78, 5) is 2.45. The molecule has 1 aromatic carbocycles. The molecule has 0 saturated carbocycles. The van der Waals surface area contributed by atoms with E-state index in [0.717, 1.165) is 35.8 Å². The fourth-order valence-corrected chi connectivity index (χ4v) is 2.99. The molecule has 4 heteroatoms. The Bertz CT molecular complexity index is 456. The van der Waals surface area contributed by atoms with E-state index < -0.39 is 0 Å². The van der Waals surface area contributed by atoms with Gasteiger partial charge in [-0.15, -0.1) is 0 Å². The van der Waals surface area contributed by atoms with Crippen LogP contribution in [0.2, 0.25) is 0 Å². The minimum atomic E-state index is 0.201. The Labute approximate surface area is 130 Å². The molecule has 1 aliphatic rings. The number of nitrogens with zero attached hydrogens (tertiary/aromatic N) is 1. The number of benzene rings is 1. The van der Waals surface area contributed by atoms with Crippen LogP contribution in [0, 0.1) is 5.92 Å². The smallest absolute Gasteiger partial charge is 0.122 e. The Morgan fingerprint density at radius 1 is 1.35 bits per heavy atom. The summed E-state index contributed by atoms with van der Waals surface area (Å²) in [7, 11) is 1.71. The second kappa shape index (κ2) is 6.35. The summed E-state index contributed by atoms with van der Waals surface area (Å²) >= 11 is 3.55. The molecule has 0 aromatic heterocycles. The molecule has 1 fully saturated rings. The highest BCUT2D eigenvalue weighted by Gasteiger charge is 2.24. The van der Waals surface area contributed by atoms with Crippen LogP contribution in [0.15, 0.2) is 22.7 Å². The van der Waals surface area contributed by atoms with E-state index in [-0.39, 0.29) is 5.54 Å². The maximum atomic E-state index is 5.35. The SMILES string of the molecule is COc1cc(Br)cc(N2CCC(CNC(C)(C)C)C2)c1. The van der Waals surface area contributed by atoms with Crippen LogP contribution in [0.25, 0.3) is 0 Å². The van der Waals surface area contributed by atoms with Crippen molar-refractivity contribution in [3.05, 3.63) is 22.7 Å². The summed E-state index contributed by atoms with van der Waals surface area (Å²) in [6.07, 6.45) is 1.25. The van der Waals surface area contributed by atoms with Crippen LogP contribution in [0.5, 0.6) is 5.75 Å². The molecule has 1 atom stereocenters. The zero-order valence-electron chi connectivity index (χ0n) is 12.9. The molecule has 0 bridgehead atoms. The van der Waals surface area contributed by atoms with E-state index >= 15 is 0 Å². The largest absolute Gasteiger partial charge is 0.497 e. The first-order valence-electron chi connectivity index (χ1n) is 7.22. The molecule has 0 spiro atoms. The quantitative estimate of drug-likeness (QED) is 0.904. The summed E-state index contributed by atoms with van der Waals surface area (Å²) in [5.74, 6) is 1.63. The van der Waals surface area contributed by atoms with Crippen molar-refractivity contribution in [3.63, 3.8) is 0 Å². The topological polar surface area (TPSA) is 24.5 Å². The first kappa shape index (κ1) is 15.6. The lowest BCUT2D eigenvalue weighted by Crippen LogP contribution is -2.39. The molecule has 1 heterocycles. The Hall–Kier alpha value is -0.740. The third-order valence-electron chi connectivity index (χ3n) is 3.66. The molecule has 1 N–H and O–H groups in total. The van der Waals surface area contributed by atoms with Crippen molar-refractivity contribution in [3.8, 4) is 5.75 Å². The standard InChI is InChI=1S/C16H25BrN2O/c1-16(2,3)18-10-12-5-6-19(11-12)14-7-13(17)8-15(9-14)20-4/h7-9,12,18H,5-6,10-11H2,1-4H3. The first-order chi connectivity index (χ1) is 9.37. The molecule has 20 heavy (non-hydrogen) atoms. The molecule has 1 aliphatic heterocycles. The van der Waals surface area contributed by atoms with Crippen LogP contribution in [-0.4, -0.2) is 32.3 Å². The van der Waals surface area contributed by atoms with Gasteiger partial charge in [-0.25, -0.2) is 0 Å². The maximum Gasteiger partial charge on any atom is 0.122 e. The van der Waals surface area contributed by atoms with E-state index in [1.54, 1.807) is 7.11 Å². The van der Waals surface area contributed by atoms with E-state index in [1.807, 2.05) is 6.07 Å². The van der Waals surface area contributed by atoms with Crippen molar-refractivity contribution in [2.24, 2.45) is 5.92 Å². The molecular formula is C16H25BrN2O. The maximum absolute atomic E-state index is 5.35. The fourth-order valence-electron chi connectivity index (χ4n) is 2.53. The van der Waals surface area contributed by atoms with Crippen molar-refractivity contribution >= 4 is 21.6 Å². The molecule has 1 unspecified atom stereocenters. The van der Waals surface area contributed by atoms with Crippen molar-refractivity contribution in [2.45, 2.75) is 32.7 Å². The number of ether oxygens (including phenoxy) is 1. The fraction of sp³-hybridized carbons (Fsp3) is 0.625. The molecule has 112 valence electrons. The van der Waals surface area contributed by atoms with Crippen molar-refractivity contribution in [1.29, 1.82) is 0 Å². The zero-order chi connectivity index (χ0) is 14.8. The van der Waals surface area contributed by atoms with Crippen molar-refractivity contribution in [2.75, 3.05) is 31.6 Å². The highest BCUT2D eigenvalue weighted by atomic mass is 79.9. The molecule has 1 saturated heterocycles. The number of nitrogens with one attached hydrogen (secondary N) is 1. The Kier molecular flexibility index (Phi) is 4.97. The van der Waals surface area contributed by atoms with Gasteiger partial charge in [0.1, 0.15) is 5.75 Å². The lowest BCUT2D eigenvalue weighted by Gasteiger charge is -2.24. The highest BCUT2D eigenvalue weighted by molar-refractivity contribution is 9.10. The summed E-state index contributed by atoms with van der Waals surface area (Å²) in [6, 6.07) is 6.28. The van der Waals surface area contributed by atoms with Crippen LogP contribution in [0.4, 0.5) is 5.69 Å². The Morgan fingerprint density at radius 2 is 2.10 bits per heavy atom. The van der Waals surface area contributed by atoms with E-state index in [4.69, 9.17) is 4.74 Å². The average Bonchev–Trinajstić information content (AvgIpc) is 2.83. The monoisotopic (exact) mass is 340 g/mol. The molecule has 0 radical (unpaired) electrons. The molecular weight excluding hydrogens is 316 g/mol. The molecule has 2 rings (SSSR count). The number of hydrogen-bond acceptors (Lipinski definition) is 3. The summed E-state index contributed by atoms with van der Waals surface area (Å²) < 4.78 is 6.42. The van der Waals surface area contributed by atoms with E-state index in [2.05, 4.69) is 59.1 Å². The lowest BCUT2D eigenvalue weighted by atomic mass is 10.1. The van der Waals surface area contributed by atoms with Gasteiger partial charge in [0.15, 0.2) is 0 Å². The highest BCUT2D eigenvalue weighted by Crippen LogP contribution is 2.30. The summed E-state index contributed by atoms with van der Waals surface area (Å²) in [5.41, 5.74) is 1.45. The predicted octanol–water partition coefficient (Wildman–Crippen LogP) is 3.67. The van der Waals surface area contributed by atoms with Gasteiger partial charge in [0.05, 0.1) is 7.11 Å². The van der Waals surface area contributed by atoms with Crippen LogP contribution >= 0.6 is 15.9 Å². The second-order valence-corrected chi connectivity index (χ2v) is 7.50. The van der Waals surface area contributed by atoms with Gasteiger partial charge in [-0.2, -0.15) is 0 Å². The van der Waals surface area contributed by atoms with Crippen LogP contribution in [0.1, 0.15) is 27.2 Å². The first-order valence-corrected chi connectivity index (χ1v) is 8.01. The third-order valence-corrected chi connectivity index (χ3v) is 4.12. The predicted molar refractivity (Wildman–Crippen MR) is 88.8 cm³/mol. The Balaban J connectivity index is 1.97. The minimum absolute atomic E-state index is 0.201. The number of anilines is 1. The van der Waals surface area contributed by atoms with Gasteiger partial charge in [-0.05, 0) is 45.2 Å². The van der Waals surface area contributed by atoms with E-state index in [9.17, 15) is 0 Å². The molecule has 3 nitrogen and oxygen atoms in total. The number of rotatable bonds is 4. The number of methoxy groups -OCH3 is 1. The third kappa shape index (κ3) is 4.38. The van der Waals surface area contributed by atoms with Gasteiger partial charge >= 0.3 is 0 Å². The van der Waals surface area contributed by atoms with Gasteiger partial charge in [0, 0.05) is 41.4 Å². The minimum Gasteiger partial charge on any atom is -0.497 e. The van der Waals surface area contributed by atoms with Gasteiger partial charge in [-0.1, -0.05) is 15.9 Å². The number of hydrogen-bond donors (Lipinski definition) is 1. The van der Waals surface area contributed by atoms with E-state index in [1.165, 1.54) is 12.1 Å². The molecule has 1 aromatic rings. The lowest BCUT2D eigenvalue weighted by molar-refractivity contribution is 0.383. The molecule has 0 amide bonds. The van der Waals surface area contributed by atoms with Crippen LogP contribution in [0.3, 0.4) is 0 Å². The van der Waals surface area contributed by atoms with Gasteiger partial charge in [0.2, 0.25) is 0 Å². The summed E-state index contributed by atoms with van der Waals surface area (Å²) in [6.45, 7) is 9.99. The summed E-state index contributed by atoms with van der Waals surface area (Å²) in [5, 5.41) is 3.61. The number of halogens is 1. The van der Waals surface area contributed by atoms with E-state index in [0.29, 0.717) is 0 Å². The Morgan fingerprint density at radius 3 is 2.75 bits per heavy atom. The van der Waals surface area contributed by atoms with Gasteiger partial charge in [-0.3, -0.25) is 0 Å². The average molecular weight is 341 g/mol. The van der Waals surface area contributed by atoms with Gasteiger partial charge < -0.3 is 15.0 Å². The van der Waals surface area contributed by atoms with Crippen LogP contribution in [-0.2, 0) is 0 Å². The molecule has 0 aliphatic carbocycles. The zero-order valence-corrected chi connectivity index (χ0v) is 14.5. The van der Waals surface area contributed by atoms with Crippen molar-refractivity contribution in [1.82, 2.24) is 5.32 Å². The second-order valence-electron chi connectivity index (χ2n) is 6.58. The normalized spacial score (nSPS) is 19.4. The van der Waals surface area contributed by atoms with Gasteiger partial charge in [0.25, 0.3) is 0 Å².